The van der Waals surface area contributed by atoms with E-state index in [0.29, 0.717) is 0 Å². The van der Waals surface area contributed by atoms with Crippen LogP contribution in [-0.2, 0) is 0 Å². The van der Waals surface area contributed by atoms with Gasteiger partial charge in [0.2, 0.25) is 0 Å². The van der Waals surface area contributed by atoms with Crippen molar-refractivity contribution in [3.63, 3.8) is 0 Å². The number of aromatic nitrogens is 1. The zero-order valence-corrected chi connectivity index (χ0v) is 27.3. The number of fused-ring (bicyclic) bond motifs is 5. The fourth-order valence-electron chi connectivity index (χ4n) is 8.36. The zero-order valence-electron chi connectivity index (χ0n) is 27.3. The molecule has 10 rings (SSSR count). The Labute approximate surface area is 290 Å². The van der Waals surface area contributed by atoms with Crippen LogP contribution in [0.4, 0.5) is 0 Å². The average Bonchev–Trinajstić information content (AvgIpc) is 3.19. The molecule has 8 aromatic rings. The van der Waals surface area contributed by atoms with Crippen LogP contribution in [0.2, 0.25) is 0 Å². The largest absolute Gasteiger partial charge is 0.380 e. The van der Waals surface area contributed by atoms with Crippen LogP contribution in [0.5, 0.6) is 0 Å². The van der Waals surface area contributed by atoms with Gasteiger partial charge in [0.25, 0.3) is 0 Å². The number of hydrogen-bond donors (Lipinski definition) is 1. The predicted molar refractivity (Wildman–Crippen MR) is 209 cm³/mol. The minimum Gasteiger partial charge on any atom is -0.380 e. The lowest BCUT2D eigenvalue weighted by atomic mass is 9.77. The molecular weight excluding hydrogens is 605 g/mol. The molecule has 1 atom stereocenters. The second-order valence-electron chi connectivity index (χ2n) is 13.0. The Balaban J connectivity index is 1.30. The number of dihydropyridines is 1. The highest BCUT2D eigenvalue weighted by Crippen LogP contribution is 2.46. The van der Waals surface area contributed by atoms with Crippen LogP contribution in [0.3, 0.4) is 0 Å². The molecule has 1 aliphatic heterocycles. The van der Waals surface area contributed by atoms with Crippen molar-refractivity contribution in [3.05, 3.63) is 209 Å². The second-order valence-corrected chi connectivity index (χ2v) is 13.0. The molecule has 2 nitrogen and oxygen atoms in total. The summed E-state index contributed by atoms with van der Waals surface area (Å²) in [5, 5.41) is 12.3. The monoisotopic (exact) mass is 636 g/mol. The number of benzene rings is 7. The Kier molecular flexibility index (Phi) is 6.60. The highest BCUT2D eigenvalue weighted by atomic mass is 14.9. The molecule has 1 unspecified atom stereocenters. The number of nitrogens with zero attached hydrogens (tertiary/aromatic N) is 1. The van der Waals surface area contributed by atoms with Gasteiger partial charge in [-0.3, -0.25) is 4.98 Å². The summed E-state index contributed by atoms with van der Waals surface area (Å²) in [6.07, 6.45) is 8.43. The van der Waals surface area contributed by atoms with Gasteiger partial charge in [-0.05, 0) is 94.9 Å². The first-order valence-corrected chi connectivity index (χ1v) is 17.3. The summed E-state index contributed by atoms with van der Waals surface area (Å²) in [4.78, 5) is 5.04. The van der Waals surface area contributed by atoms with Gasteiger partial charge in [0.15, 0.2) is 0 Å². The lowest BCUT2D eigenvalue weighted by Crippen LogP contribution is -2.44. The van der Waals surface area contributed by atoms with Gasteiger partial charge in [-0.1, -0.05) is 158 Å². The van der Waals surface area contributed by atoms with Crippen LogP contribution in [0.15, 0.2) is 188 Å². The molecule has 1 aromatic heterocycles. The van der Waals surface area contributed by atoms with Crippen molar-refractivity contribution >= 4 is 43.6 Å². The van der Waals surface area contributed by atoms with E-state index in [0.717, 1.165) is 10.9 Å². The molecule has 50 heavy (non-hydrogen) atoms. The molecule has 2 aliphatic rings. The van der Waals surface area contributed by atoms with Crippen LogP contribution >= 0.6 is 0 Å². The molecule has 2 heterocycles. The van der Waals surface area contributed by atoms with Gasteiger partial charge < -0.3 is 5.32 Å². The van der Waals surface area contributed by atoms with Crippen molar-refractivity contribution in [2.45, 2.75) is 6.04 Å². The summed E-state index contributed by atoms with van der Waals surface area (Å²) >= 11 is 0. The molecule has 234 valence electrons. The van der Waals surface area contributed by atoms with Crippen molar-refractivity contribution < 1.29 is 0 Å². The van der Waals surface area contributed by atoms with Gasteiger partial charge in [-0.25, -0.2) is 0 Å². The number of hydrogen-bond acceptors (Lipinski definition) is 2. The molecule has 2 heteroatoms. The standard InChI is InChI=1S/C48H32N2/c1-3-15-31(16-4-1)43-35-21-9-11-23-37(35)45(41-25-13-29-49-47(41)43)39-27-28-40(34-20-8-7-19-33(34)39)46-38-24-12-10-22-36(38)44(32-17-5-2-6-18-32)48-42(46)26-14-30-50-48/h1-30,47,49H. The third-order valence-electron chi connectivity index (χ3n) is 10.4. The quantitative estimate of drug-likeness (QED) is 0.195. The predicted octanol–water partition coefficient (Wildman–Crippen LogP) is 9.70. The van der Waals surface area contributed by atoms with E-state index in [1.807, 2.05) is 6.20 Å². The molecule has 1 aliphatic carbocycles. The van der Waals surface area contributed by atoms with Crippen LogP contribution in [0.1, 0.15) is 11.1 Å². The molecular formula is C48H32N2. The summed E-state index contributed by atoms with van der Waals surface area (Å²) in [7, 11) is 0. The van der Waals surface area contributed by atoms with E-state index in [9.17, 15) is 0 Å². The molecule has 0 saturated heterocycles. The fourth-order valence-corrected chi connectivity index (χ4v) is 8.36. The Morgan fingerprint density at radius 1 is 0.460 bits per heavy atom. The Bertz CT molecular complexity index is 2770. The number of nitrogens with one attached hydrogen (secondary N) is 1. The number of pyridine rings is 1. The first-order chi connectivity index (χ1) is 24.9. The molecule has 0 spiro atoms. The lowest BCUT2D eigenvalue weighted by molar-refractivity contribution is 0.809. The third kappa shape index (κ3) is 4.32. The smallest absolute Gasteiger partial charge is 0.0792 e. The van der Waals surface area contributed by atoms with E-state index in [1.165, 1.54) is 82.1 Å². The average molecular weight is 637 g/mol. The highest BCUT2D eigenvalue weighted by molar-refractivity contribution is 6.23. The van der Waals surface area contributed by atoms with Crippen molar-refractivity contribution in [1.29, 1.82) is 0 Å². The van der Waals surface area contributed by atoms with E-state index in [-0.39, 0.29) is 6.04 Å². The van der Waals surface area contributed by atoms with Gasteiger partial charge >= 0.3 is 0 Å². The van der Waals surface area contributed by atoms with E-state index in [2.05, 4.69) is 181 Å². The van der Waals surface area contributed by atoms with Crippen molar-refractivity contribution in [1.82, 2.24) is 10.3 Å². The summed E-state index contributed by atoms with van der Waals surface area (Å²) in [5.41, 5.74) is 12.2. The highest BCUT2D eigenvalue weighted by Gasteiger charge is 2.30. The first-order valence-electron chi connectivity index (χ1n) is 17.3. The summed E-state index contributed by atoms with van der Waals surface area (Å²) < 4.78 is 0. The Hall–Kier alpha value is -6.51. The maximum Gasteiger partial charge on any atom is 0.0792 e. The molecule has 0 radical (unpaired) electrons. The van der Waals surface area contributed by atoms with Crippen molar-refractivity contribution in [2.75, 3.05) is 0 Å². The van der Waals surface area contributed by atoms with Crippen LogP contribution in [0.25, 0.3) is 65.8 Å². The van der Waals surface area contributed by atoms with Crippen molar-refractivity contribution in [2.24, 2.45) is 0 Å². The molecule has 0 saturated carbocycles. The Morgan fingerprint density at radius 2 is 1.04 bits per heavy atom. The van der Waals surface area contributed by atoms with Crippen molar-refractivity contribution in [3.8, 4) is 22.3 Å². The van der Waals surface area contributed by atoms with Gasteiger partial charge in [-0.15, -0.1) is 0 Å². The van der Waals surface area contributed by atoms with Crippen LogP contribution in [0, 0.1) is 0 Å². The van der Waals surface area contributed by atoms with Gasteiger partial charge in [0.05, 0.1) is 11.6 Å². The topological polar surface area (TPSA) is 24.9 Å². The minimum absolute atomic E-state index is 0.0373. The van der Waals surface area contributed by atoms with Crippen LogP contribution in [-0.4, -0.2) is 11.0 Å². The SMILES string of the molecule is C1=CNC2C(=C1)C(c1ccc(-c3c4ccccc4c(-c4ccccc4)c4ncccc34)c3ccccc13)=c1ccccc1=C2c1ccccc1. The first kappa shape index (κ1) is 28.5. The van der Waals surface area contributed by atoms with E-state index < -0.39 is 0 Å². The maximum atomic E-state index is 5.04. The molecule has 0 bridgehead atoms. The number of allylic oxidation sites excluding steroid dienone is 2. The Morgan fingerprint density at radius 3 is 1.80 bits per heavy atom. The fraction of sp³-hybridized carbons (Fsp3) is 0.0208. The number of rotatable bonds is 4. The van der Waals surface area contributed by atoms with Gasteiger partial charge in [-0.2, -0.15) is 0 Å². The van der Waals surface area contributed by atoms with Gasteiger partial charge in [0.1, 0.15) is 0 Å². The molecule has 7 aromatic carbocycles. The van der Waals surface area contributed by atoms with E-state index in [4.69, 9.17) is 4.98 Å². The normalized spacial score (nSPS) is 15.1. The molecule has 0 fully saturated rings. The van der Waals surface area contributed by atoms with E-state index in [1.54, 1.807) is 0 Å². The summed E-state index contributed by atoms with van der Waals surface area (Å²) in [6, 6.07) is 57.2. The van der Waals surface area contributed by atoms with Gasteiger partial charge in [0, 0.05) is 17.1 Å². The molecule has 0 amide bonds. The second kappa shape index (κ2) is 11.6. The summed E-state index contributed by atoms with van der Waals surface area (Å²) in [5.74, 6) is 0. The summed E-state index contributed by atoms with van der Waals surface area (Å²) in [6.45, 7) is 0. The van der Waals surface area contributed by atoms with E-state index >= 15 is 0 Å². The zero-order chi connectivity index (χ0) is 33.0. The third-order valence-corrected chi connectivity index (χ3v) is 10.4. The molecule has 1 N–H and O–H groups in total. The maximum absolute atomic E-state index is 5.04. The minimum atomic E-state index is 0.0373. The van der Waals surface area contributed by atoms with Crippen LogP contribution < -0.4 is 15.8 Å². The lowest BCUT2D eigenvalue weighted by Gasteiger charge is -2.32.